The first-order chi connectivity index (χ1) is 4.64. The molecule has 0 bridgehead atoms. The number of halogens is 2. The van der Waals surface area contributed by atoms with Gasteiger partial charge in [0.2, 0.25) is 0 Å². The Labute approximate surface area is 58.2 Å². The SMILES string of the molecule is OC[C@@H]1CCC(F)(F)CN1. The Hall–Kier alpha value is -0.220. The average molecular weight is 151 g/mol. The summed E-state index contributed by atoms with van der Waals surface area (Å²) in [4.78, 5) is 0. The molecule has 1 rings (SSSR count). The molecule has 1 fully saturated rings. The maximum absolute atomic E-state index is 12.4. The topological polar surface area (TPSA) is 32.3 Å². The molecule has 1 aliphatic rings. The van der Waals surface area contributed by atoms with Crippen LogP contribution in [0.4, 0.5) is 8.78 Å². The van der Waals surface area contributed by atoms with Crippen LogP contribution in [0.15, 0.2) is 0 Å². The molecule has 60 valence electrons. The third-order valence-electron chi connectivity index (χ3n) is 1.73. The minimum absolute atomic E-state index is 0.0456. The molecule has 0 spiro atoms. The zero-order valence-electron chi connectivity index (χ0n) is 5.61. The van der Waals surface area contributed by atoms with E-state index in [4.69, 9.17) is 5.11 Å². The van der Waals surface area contributed by atoms with Gasteiger partial charge in [-0.25, -0.2) is 8.78 Å². The van der Waals surface area contributed by atoms with Crippen LogP contribution in [0.1, 0.15) is 12.8 Å². The van der Waals surface area contributed by atoms with E-state index in [1.807, 2.05) is 0 Å². The summed E-state index contributed by atoms with van der Waals surface area (Å²) in [6, 6.07) is -0.125. The van der Waals surface area contributed by atoms with Crippen molar-refractivity contribution in [3.05, 3.63) is 0 Å². The van der Waals surface area contributed by atoms with E-state index < -0.39 is 5.92 Å². The minimum atomic E-state index is -2.56. The van der Waals surface area contributed by atoms with Crippen LogP contribution in [-0.4, -0.2) is 30.2 Å². The predicted molar refractivity (Wildman–Crippen MR) is 33.1 cm³/mol. The smallest absolute Gasteiger partial charge is 0.260 e. The van der Waals surface area contributed by atoms with Crippen LogP contribution in [0.3, 0.4) is 0 Å². The maximum atomic E-state index is 12.4. The third-order valence-corrected chi connectivity index (χ3v) is 1.73. The van der Waals surface area contributed by atoms with Crippen molar-refractivity contribution in [2.45, 2.75) is 24.8 Å². The third kappa shape index (κ3) is 1.88. The van der Waals surface area contributed by atoms with E-state index in [1.54, 1.807) is 0 Å². The lowest BCUT2D eigenvalue weighted by Gasteiger charge is -2.28. The van der Waals surface area contributed by atoms with Crippen LogP contribution in [0, 0.1) is 0 Å². The summed E-state index contributed by atoms with van der Waals surface area (Å²) in [5.41, 5.74) is 0. The van der Waals surface area contributed by atoms with Gasteiger partial charge in [0.05, 0.1) is 13.2 Å². The first kappa shape index (κ1) is 7.88. The lowest BCUT2D eigenvalue weighted by Crippen LogP contribution is -2.46. The number of hydrogen-bond donors (Lipinski definition) is 2. The van der Waals surface area contributed by atoms with E-state index in [0.29, 0.717) is 6.42 Å². The highest BCUT2D eigenvalue weighted by atomic mass is 19.3. The standard InChI is InChI=1S/C6H11F2NO/c7-6(8)2-1-5(3-10)9-4-6/h5,9-10H,1-4H2/t5-/m0/s1. The Bertz CT molecular complexity index is 108. The second kappa shape index (κ2) is 2.80. The normalized spacial score (nSPS) is 32.1. The van der Waals surface area contributed by atoms with Gasteiger partial charge in [-0.15, -0.1) is 0 Å². The lowest BCUT2D eigenvalue weighted by molar-refractivity contribution is -0.0344. The van der Waals surface area contributed by atoms with Crippen molar-refractivity contribution in [1.29, 1.82) is 0 Å². The summed E-state index contributed by atoms with van der Waals surface area (Å²) >= 11 is 0. The van der Waals surface area contributed by atoms with E-state index in [0.717, 1.165) is 0 Å². The Morgan fingerprint density at radius 1 is 1.60 bits per heavy atom. The maximum Gasteiger partial charge on any atom is 0.260 e. The van der Waals surface area contributed by atoms with Gasteiger partial charge in [0.15, 0.2) is 0 Å². The van der Waals surface area contributed by atoms with Gasteiger partial charge < -0.3 is 10.4 Å². The lowest BCUT2D eigenvalue weighted by atomic mass is 10.0. The van der Waals surface area contributed by atoms with Crippen LogP contribution < -0.4 is 5.32 Å². The number of hydrogen-bond acceptors (Lipinski definition) is 2. The second-order valence-electron chi connectivity index (χ2n) is 2.66. The van der Waals surface area contributed by atoms with E-state index in [9.17, 15) is 8.78 Å². The molecule has 1 heterocycles. The predicted octanol–water partition coefficient (Wildman–Crippen LogP) is 0.366. The van der Waals surface area contributed by atoms with Crippen LogP contribution in [0.25, 0.3) is 0 Å². The molecular weight excluding hydrogens is 140 g/mol. The zero-order valence-corrected chi connectivity index (χ0v) is 5.61. The Morgan fingerprint density at radius 3 is 2.70 bits per heavy atom. The van der Waals surface area contributed by atoms with Gasteiger partial charge in [-0.2, -0.15) is 0 Å². The van der Waals surface area contributed by atoms with Crippen LogP contribution in [0.2, 0.25) is 0 Å². The summed E-state index contributed by atoms with van der Waals surface area (Å²) in [7, 11) is 0. The first-order valence-corrected chi connectivity index (χ1v) is 3.36. The van der Waals surface area contributed by atoms with Crippen molar-refractivity contribution in [1.82, 2.24) is 5.32 Å². The highest BCUT2D eigenvalue weighted by Crippen LogP contribution is 2.23. The van der Waals surface area contributed by atoms with Crippen molar-refractivity contribution >= 4 is 0 Å². The molecule has 0 saturated carbocycles. The van der Waals surface area contributed by atoms with E-state index in [1.165, 1.54) is 0 Å². The number of nitrogens with one attached hydrogen (secondary N) is 1. The van der Waals surface area contributed by atoms with Gasteiger partial charge >= 0.3 is 0 Å². The molecule has 2 nitrogen and oxygen atoms in total. The van der Waals surface area contributed by atoms with Gasteiger partial charge in [-0.1, -0.05) is 0 Å². The molecule has 0 aromatic heterocycles. The van der Waals surface area contributed by atoms with Crippen LogP contribution in [-0.2, 0) is 0 Å². The molecule has 0 aliphatic carbocycles. The molecule has 0 amide bonds. The zero-order chi connectivity index (χ0) is 7.61. The highest BCUT2D eigenvalue weighted by Gasteiger charge is 2.34. The van der Waals surface area contributed by atoms with Crippen molar-refractivity contribution in [3.63, 3.8) is 0 Å². The van der Waals surface area contributed by atoms with Crippen molar-refractivity contribution in [2.75, 3.05) is 13.2 Å². The monoisotopic (exact) mass is 151 g/mol. The molecule has 10 heavy (non-hydrogen) atoms. The molecule has 1 atom stereocenters. The fourth-order valence-corrected chi connectivity index (χ4v) is 1.03. The molecule has 4 heteroatoms. The molecule has 2 N–H and O–H groups in total. The Kier molecular flexibility index (Phi) is 2.21. The molecule has 0 unspecified atom stereocenters. The van der Waals surface area contributed by atoms with Gasteiger partial charge in [-0.05, 0) is 6.42 Å². The summed E-state index contributed by atoms with van der Waals surface area (Å²) in [6.07, 6.45) is 0.259. The number of alkyl halides is 2. The van der Waals surface area contributed by atoms with Gasteiger partial charge in [0, 0.05) is 12.5 Å². The Morgan fingerprint density at radius 2 is 2.30 bits per heavy atom. The number of rotatable bonds is 1. The Balaban J connectivity index is 2.31. The molecule has 0 aromatic rings. The minimum Gasteiger partial charge on any atom is -0.395 e. The molecule has 1 aliphatic heterocycles. The highest BCUT2D eigenvalue weighted by molar-refractivity contribution is 4.81. The summed E-state index contributed by atoms with van der Waals surface area (Å²) < 4.78 is 24.7. The summed E-state index contributed by atoms with van der Waals surface area (Å²) in [6.45, 7) is -0.339. The number of aliphatic hydroxyl groups is 1. The average Bonchev–Trinajstić information content (AvgIpc) is 1.88. The quantitative estimate of drug-likeness (QED) is 0.567. The molecular formula is C6H11F2NO. The first-order valence-electron chi connectivity index (χ1n) is 3.36. The molecule has 1 saturated heterocycles. The van der Waals surface area contributed by atoms with Crippen LogP contribution >= 0.6 is 0 Å². The van der Waals surface area contributed by atoms with Gasteiger partial charge in [0.1, 0.15) is 0 Å². The fourth-order valence-electron chi connectivity index (χ4n) is 1.03. The van der Waals surface area contributed by atoms with Crippen molar-refractivity contribution in [3.8, 4) is 0 Å². The summed E-state index contributed by atoms with van der Waals surface area (Å²) in [5.74, 6) is -2.56. The molecule has 0 radical (unpaired) electrons. The summed E-state index contributed by atoms with van der Waals surface area (Å²) in [5, 5.41) is 11.1. The number of piperidine rings is 1. The number of aliphatic hydroxyl groups excluding tert-OH is 1. The van der Waals surface area contributed by atoms with E-state index in [-0.39, 0.29) is 25.6 Å². The van der Waals surface area contributed by atoms with E-state index >= 15 is 0 Å². The fraction of sp³-hybridized carbons (Fsp3) is 1.00. The van der Waals surface area contributed by atoms with Crippen LogP contribution in [0.5, 0.6) is 0 Å². The van der Waals surface area contributed by atoms with Gasteiger partial charge in [0.25, 0.3) is 5.92 Å². The van der Waals surface area contributed by atoms with Gasteiger partial charge in [-0.3, -0.25) is 0 Å². The van der Waals surface area contributed by atoms with E-state index in [2.05, 4.69) is 5.32 Å². The largest absolute Gasteiger partial charge is 0.395 e. The van der Waals surface area contributed by atoms with Crippen molar-refractivity contribution in [2.24, 2.45) is 0 Å². The molecule has 0 aromatic carbocycles. The van der Waals surface area contributed by atoms with Crippen molar-refractivity contribution < 1.29 is 13.9 Å². The second-order valence-corrected chi connectivity index (χ2v) is 2.66.